The first kappa shape index (κ1) is 10.6. The molecule has 82 valence electrons. The lowest BCUT2D eigenvalue weighted by Crippen LogP contribution is -2.16. The predicted molar refractivity (Wildman–Crippen MR) is 56.4 cm³/mol. The lowest BCUT2D eigenvalue weighted by Gasteiger charge is -2.20. The Morgan fingerprint density at radius 1 is 1.47 bits per heavy atom. The predicted octanol–water partition coefficient (Wildman–Crippen LogP) is 2.03. The van der Waals surface area contributed by atoms with E-state index in [1.54, 1.807) is 13.3 Å². The summed E-state index contributed by atoms with van der Waals surface area (Å²) in [6.45, 7) is 1.55. The van der Waals surface area contributed by atoms with Crippen molar-refractivity contribution in [1.29, 1.82) is 0 Å². The van der Waals surface area contributed by atoms with E-state index in [4.69, 9.17) is 21.1 Å². The summed E-state index contributed by atoms with van der Waals surface area (Å²) >= 11 is 5.94. The van der Waals surface area contributed by atoms with Crippen LogP contribution in [0.3, 0.4) is 0 Å². The number of hydrogen-bond acceptors (Lipinski definition) is 4. The summed E-state index contributed by atoms with van der Waals surface area (Å²) in [5.74, 6) is 1.68. The van der Waals surface area contributed by atoms with E-state index in [0.717, 1.165) is 31.9 Å². The minimum Gasteiger partial charge on any atom is -0.492 e. The molecule has 0 saturated carbocycles. The highest BCUT2D eigenvalue weighted by Gasteiger charge is 2.19. The van der Waals surface area contributed by atoms with Gasteiger partial charge in [-0.2, -0.15) is 0 Å². The van der Waals surface area contributed by atoms with Crippen LogP contribution in [-0.4, -0.2) is 30.3 Å². The summed E-state index contributed by atoms with van der Waals surface area (Å²) in [4.78, 5) is 8.50. The quantitative estimate of drug-likeness (QED) is 0.727. The zero-order valence-electron chi connectivity index (χ0n) is 8.57. The van der Waals surface area contributed by atoms with Gasteiger partial charge in [-0.25, -0.2) is 9.97 Å². The molecule has 0 N–H and O–H groups in total. The van der Waals surface area contributed by atoms with Crippen LogP contribution in [-0.2, 0) is 4.74 Å². The average Bonchev–Trinajstić information content (AvgIpc) is 2.30. The van der Waals surface area contributed by atoms with E-state index in [9.17, 15) is 0 Å². The zero-order chi connectivity index (χ0) is 10.7. The molecule has 0 aromatic carbocycles. The third-order valence-electron chi connectivity index (χ3n) is 2.54. The van der Waals surface area contributed by atoms with Crippen molar-refractivity contribution in [2.45, 2.75) is 18.8 Å². The fraction of sp³-hybridized carbons (Fsp3) is 0.600. The lowest BCUT2D eigenvalue weighted by atomic mass is 10.00. The third kappa shape index (κ3) is 2.38. The van der Waals surface area contributed by atoms with Crippen LogP contribution in [0.4, 0.5) is 0 Å². The molecule has 0 spiro atoms. The number of rotatable bonds is 2. The average molecular weight is 229 g/mol. The molecule has 0 bridgehead atoms. The second-order valence-corrected chi connectivity index (χ2v) is 3.83. The molecule has 5 heteroatoms. The van der Waals surface area contributed by atoms with Crippen LogP contribution < -0.4 is 4.74 Å². The van der Waals surface area contributed by atoms with Gasteiger partial charge in [-0.1, -0.05) is 11.6 Å². The second-order valence-electron chi connectivity index (χ2n) is 3.47. The molecule has 1 aliphatic rings. The minimum atomic E-state index is 0.363. The summed E-state index contributed by atoms with van der Waals surface area (Å²) in [6.07, 6.45) is 3.55. The summed E-state index contributed by atoms with van der Waals surface area (Å²) in [7, 11) is 1.55. The highest BCUT2D eigenvalue weighted by Crippen LogP contribution is 2.27. The molecule has 4 nitrogen and oxygen atoms in total. The molecule has 1 aliphatic heterocycles. The van der Waals surface area contributed by atoms with Gasteiger partial charge in [0.25, 0.3) is 0 Å². The second kappa shape index (κ2) is 4.77. The molecule has 0 amide bonds. The van der Waals surface area contributed by atoms with Gasteiger partial charge >= 0.3 is 0 Å². The Balaban J connectivity index is 2.17. The van der Waals surface area contributed by atoms with Crippen molar-refractivity contribution in [2.75, 3.05) is 20.3 Å². The van der Waals surface area contributed by atoms with Crippen molar-refractivity contribution in [3.63, 3.8) is 0 Å². The molecule has 1 saturated heterocycles. The van der Waals surface area contributed by atoms with Crippen LogP contribution in [0, 0.1) is 0 Å². The number of aromatic nitrogens is 2. The summed E-state index contributed by atoms with van der Waals surface area (Å²) < 4.78 is 10.3. The molecular formula is C10H13ClN2O2. The largest absolute Gasteiger partial charge is 0.492 e. The highest BCUT2D eigenvalue weighted by atomic mass is 35.5. The van der Waals surface area contributed by atoms with Crippen molar-refractivity contribution in [1.82, 2.24) is 9.97 Å². The summed E-state index contributed by atoms with van der Waals surface area (Å²) in [6, 6.07) is 0. The van der Waals surface area contributed by atoms with E-state index in [1.165, 1.54) is 0 Å². The van der Waals surface area contributed by atoms with Crippen LogP contribution in [0.5, 0.6) is 5.75 Å². The molecule has 0 aliphatic carbocycles. The van der Waals surface area contributed by atoms with E-state index in [-0.39, 0.29) is 0 Å². The Morgan fingerprint density at radius 3 is 2.80 bits per heavy atom. The number of halogens is 1. The number of hydrogen-bond donors (Lipinski definition) is 0. The fourth-order valence-electron chi connectivity index (χ4n) is 1.65. The molecular weight excluding hydrogens is 216 g/mol. The van der Waals surface area contributed by atoms with Crippen LogP contribution in [0.25, 0.3) is 0 Å². The Labute approximate surface area is 93.6 Å². The van der Waals surface area contributed by atoms with E-state index < -0.39 is 0 Å². The maximum Gasteiger partial charge on any atom is 0.174 e. The summed E-state index contributed by atoms with van der Waals surface area (Å²) in [5.41, 5.74) is 0. The van der Waals surface area contributed by atoms with Gasteiger partial charge in [-0.05, 0) is 12.8 Å². The number of methoxy groups -OCH3 is 1. The van der Waals surface area contributed by atoms with E-state index in [2.05, 4.69) is 9.97 Å². The van der Waals surface area contributed by atoms with Gasteiger partial charge in [-0.3, -0.25) is 0 Å². The zero-order valence-corrected chi connectivity index (χ0v) is 9.33. The molecule has 0 atom stereocenters. The monoisotopic (exact) mass is 228 g/mol. The van der Waals surface area contributed by atoms with Crippen LogP contribution in [0.15, 0.2) is 6.20 Å². The SMILES string of the molecule is COc1cnc(C2CCOCC2)nc1Cl. The minimum absolute atomic E-state index is 0.363. The van der Waals surface area contributed by atoms with E-state index in [0.29, 0.717) is 16.8 Å². The van der Waals surface area contributed by atoms with Crippen LogP contribution in [0.1, 0.15) is 24.6 Å². The number of ether oxygens (including phenoxy) is 2. The maximum atomic E-state index is 5.94. The van der Waals surface area contributed by atoms with Gasteiger partial charge < -0.3 is 9.47 Å². The van der Waals surface area contributed by atoms with Crippen molar-refractivity contribution in [2.24, 2.45) is 0 Å². The Bertz CT molecular complexity index is 340. The standard InChI is InChI=1S/C10H13ClN2O2/c1-14-8-6-12-10(13-9(8)11)7-2-4-15-5-3-7/h6-7H,2-5H2,1H3. The highest BCUT2D eigenvalue weighted by molar-refractivity contribution is 6.30. The molecule has 1 aromatic heterocycles. The molecule has 1 aromatic rings. The van der Waals surface area contributed by atoms with Crippen molar-refractivity contribution >= 4 is 11.6 Å². The van der Waals surface area contributed by atoms with Gasteiger partial charge in [0.1, 0.15) is 5.82 Å². The smallest absolute Gasteiger partial charge is 0.174 e. The Kier molecular flexibility index (Phi) is 3.38. The molecule has 2 heterocycles. The van der Waals surface area contributed by atoms with E-state index >= 15 is 0 Å². The molecule has 2 rings (SSSR count). The van der Waals surface area contributed by atoms with Gasteiger partial charge in [0.2, 0.25) is 0 Å². The first-order valence-electron chi connectivity index (χ1n) is 4.95. The fourth-order valence-corrected chi connectivity index (χ4v) is 1.86. The lowest BCUT2D eigenvalue weighted by molar-refractivity contribution is 0.0835. The Morgan fingerprint density at radius 2 is 2.20 bits per heavy atom. The van der Waals surface area contributed by atoms with Gasteiger partial charge in [0.05, 0.1) is 13.3 Å². The first-order valence-corrected chi connectivity index (χ1v) is 5.33. The van der Waals surface area contributed by atoms with Crippen molar-refractivity contribution in [3.8, 4) is 5.75 Å². The number of nitrogens with zero attached hydrogens (tertiary/aromatic N) is 2. The third-order valence-corrected chi connectivity index (χ3v) is 2.81. The molecule has 15 heavy (non-hydrogen) atoms. The van der Waals surface area contributed by atoms with Gasteiger partial charge in [0, 0.05) is 19.1 Å². The Hall–Kier alpha value is -0.870. The summed E-state index contributed by atoms with van der Waals surface area (Å²) in [5, 5.41) is 0.383. The topological polar surface area (TPSA) is 44.2 Å². The molecule has 0 radical (unpaired) electrons. The molecule has 1 fully saturated rings. The van der Waals surface area contributed by atoms with Crippen molar-refractivity contribution in [3.05, 3.63) is 17.2 Å². The van der Waals surface area contributed by atoms with Crippen LogP contribution >= 0.6 is 11.6 Å². The van der Waals surface area contributed by atoms with Crippen LogP contribution in [0.2, 0.25) is 5.15 Å². The van der Waals surface area contributed by atoms with Gasteiger partial charge in [0.15, 0.2) is 10.9 Å². The maximum absolute atomic E-state index is 5.94. The first-order chi connectivity index (χ1) is 7.31. The normalized spacial score (nSPS) is 17.7. The molecule has 0 unspecified atom stereocenters. The van der Waals surface area contributed by atoms with Crippen molar-refractivity contribution < 1.29 is 9.47 Å². The van der Waals surface area contributed by atoms with Gasteiger partial charge in [-0.15, -0.1) is 0 Å². The van der Waals surface area contributed by atoms with E-state index in [1.807, 2.05) is 0 Å².